The Morgan fingerprint density at radius 2 is 1.52 bits per heavy atom. The molecule has 16 heteroatoms. The van der Waals surface area contributed by atoms with Gasteiger partial charge >= 0.3 is 51.4 Å². The Morgan fingerprint density at radius 1 is 0.925 bits per heavy atom. The molecule has 0 aliphatic heterocycles. The second-order valence-corrected chi connectivity index (χ2v) is 8.56. The molecule has 0 spiro atoms. The Bertz CT molecular complexity index is 1560. The largest absolute Gasteiger partial charge is 1.00 e. The third-order valence-electron chi connectivity index (χ3n) is 3.95. The van der Waals surface area contributed by atoms with Gasteiger partial charge < -0.3 is 16.6 Å². The molecule has 0 unspecified atom stereocenters. The monoisotopic (exact) mass is 566 g/mol. The van der Waals surface area contributed by atoms with Crippen molar-refractivity contribution in [3.63, 3.8) is 0 Å². The molecule has 5 aromatic rings. The van der Waals surface area contributed by atoms with E-state index in [1.54, 1.807) is 63.5 Å². The molecule has 5 aromatic heterocycles. The van der Waals surface area contributed by atoms with Crippen LogP contribution in [0.2, 0.25) is 0 Å². The Hall–Kier alpha value is -3.90. The van der Waals surface area contributed by atoms with Crippen molar-refractivity contribution in [2.24, 2.45) is 14.1 Å². The first-order valence-corrected chi connectivity index (χ1v) is 11.2. The van der Waals surface area contributed by atoms with Crippen molar-refractivity contribution < 1.29 is 56.5 Å². The quantitative estimate of drug-likeness (QED) is 0.174. The fourth-order valence-electron chi connectivity index (χ4n) is 2.50. The van der Waals surface area contributed by atoms with Crippen LogP contribution < -0.4 is 68.0 Å². The van der Waals surface area contributed by atoms with E-state index in [9.17, 15) is 5.11 Å². The van der Waals surface area contributed by atoms with E-state index in [1.807, 2.05) is 13.1 Å². The van der Waals surface area contributed by atoms with Crippen LogP contribution in [0.25, 0.3) is 27.4 Å². The molecule has 0 saturated heterocycles. The standard InChI is InChI=1S/C10H9N7.C5H6N4.C5H3N3.C4H9O.K/c1-17-5-6-8(11)14-10(15-9(6)16-17)7-4-12-2-3-13-7;1-7-4-3-9(2)8-5(4)6;6-3-5-4-7-1-2-8-5;1-4(2,3)5;/h2-5H,1H3,(H2,11,14,15,16);3H,2H3,(H2,6,8);1-2,4H;1-3H3;/q;;;-1;+1. The van der Waals surface area contributed by atoms with Gasteiger partial charge in [0.2, 0.25) is 5.69 Å². The van der Waals surface area contributed by atoms with Crippen LogP contribution in [0.5, 0.6) is 0 Å². The maximum absolute atomic E-state index is 10.1. The van der Waals surface area contributed by atoms with Gasteiger partial charge in [-0.3, -0.25) is 19.3 Å². The number of rotatable bonds is 1. The van der Waals surface area contributed by atoms with E-state index in [2.05, 4.69) is 44.9 Å². The van der Waals surface area contributed by atoms with Gasteiger partial charge in [-0.15, -0.1) is 5.60 Å². The normalized spacial score (nSPS) is 9.70. The van der Waals surface area contributed by atoms with Crippen molar-refractivity contribution in [3.05, 3.63) is 66.7 Å². The van der Waals surface area contributed by atoms with Crippen LogP contribution in [0.15, 0.2) is 49.6 Å². The van der Waals surface area contributed by atoms with E-state index in [-0.39, 0.29) is 51.4 Å². The zero-order valence-electron chi connectivity index (χ0n) is 23.0. The Balaban J connectivity index is 0.000000296. The van der Waals surface area contributed by atoms with Gasteiger partial charge in [0.15, 0.2) is 23.0 Å². The summed E-state index contributed by atoms with van der Waals surface area (Å²) in [6, 6.07) is 1.85. The summed E-state index contributed by atoms with van der Waals surface area (Å²) in [5.41, 5.74) is 12.3. The van der Waals surface area contributed by atoms with Gasteiger partial charge in [-0.25, -0.2) is 24.8 Å². The molecule has 4 N–H and O–H groups in total. The fourth-order valence-corrected chi connectivity index (χ4v) is 2.50. The number of fused-ring (bicyclic) bond motifs is 1. The average molecular weight is 567 g/mol. The molecule has 0 fully saturated rings. The number of hydrogen-bond donors (Lipinski definition) is 2. The van der Waals surface area contributed by atoms with Gasteiger partial charge in [0.1, 0.15) is 17.6 Å². The van der Waals surface area contributed by atoms with Crippen molar-refractivity contribution in [1.82, 2.24) is 49.5 Å². The van der Waals surface area contributed by atoms with E-state index in [0.717, 1.165) is 5.39 Å². The van der Waals surface area contributed by atoms with E-state index < -0.39 is 5.60 Å². The molecule has 5 heterocycles. The second kappa shape index (κ2) is 16.3. The number of nitriles is 1. The number of nitrogen functional groups attached to an aromatic ring is 2. The maximum atomic E-state index is 10.1. The molecule has 0 atom stereocenters. The molecule has 0 aromatic carbocycles. The van der Waals surface area contributed by atoms with E-state index in [0.29, 0.717) is 40.2 Å². The smallest absolute Gasteiger partial charge is 0.850 e. The van der Waals surface area contributed by atoms with Gasteiger partial charge in [0, 0.05) is 51.3 Å². The second-order valence-electron chi connectivity index (χ2n) is 8.56. The minimum Gasteiger partial charge on any atom is -0.850 e. The fraction of sp³-hybridized carbons (Fsp3) is 0.250. The molecule has 200 valence electrons. The van der Waals surface area contributed by atoms with Crippen LogP contribution in [0.1, 0.15) is 26.5 Å². The SMILES string of the molecule is CC(C)(C)[O-].Cn1cc2c(N)nc(-c3cnccn3)nc2n1.N#Cc1cnccn1.[C-]#[N+]c1cn(C)nc1N.[K+]. The average Bonchev–Trinajstić information content (AvgIpc) is 3.44. The predicted molar refractivity (Wildman–Crippen MR) is 142 cm³/mol. The van der Waals surface area contributed by atoms with E-state index in [4.69, 9.17) is 23.3 Å². The Morgan fingerprint density at radius 3 is 1.95 bits per heavy atom. The summed E-state index contributed by atoms with van der Waals surface area (Å²) in [5.74, 6) is 1.12. The van der Waals surface area contributed by atoms with Crippen molar-refractivity contribution >= 4 is 28.4 Å². The van der Waals surface area contributed by atoms with Crippen LogP contribution in [-0.4, -0.2) is 55.1 Å². The molecule has 0 aliphatic carbocycles. The van der Waals surface area contributed by atoms with Crippen LogP contribution in [0.4, 0.5) is 17.3 Å². The molecule has 0 saturated carbocycles. The van der Waals surface area contributed by atoms with Crippen LogP contribution in [0.3, 0.4) is 0 Å². The van der Waals surface area contributed by atoms with Crippen molar-refractivity contribution in [1.29, 1.82) is 5.26 Å². The van der Waals surface area contributed by atoms with Gasteiger partial charge in [0.25, 0.3) is 0 Å². The van der Waals surface area contributed by atoms with Gasteiger partial charge in [-0.05, 0) is 0 Å². The Kier molecular flexibility index (Phi) is 13.9. The number of nitrogens with zero attached hydrogens (tertiary/aromatic N) is 12. The maximum Gasteiger partial charge on any atom is 1.00 e. The first-order chi connectivity index (χ1) is 18.4. The number of aryl methyl sites for hydroxylation is 2. The number of hydrogen-bond acceptors (Lipinski definition) is 12. The van der Waals surface area contributed by atoms with E-state index in [1.165, 1.54) is 23.3 Å². The summed E-state index contributed by atoms with van der Waals surface area (Å²) >= 11 is 0. The molecule has 0 bridgehead atoms. The molecule has 0 aliphatic rings. The van der Waals surface area contributed by atoms with Crippen molar-refractivity contribution in [2.45, 2.75) is 26.4 Å². The molecule has 0 radical (unpaired) electrons. The first kappa shape index (κ1) is 34.1. The van der Waals surface area contributed by atoms with Crippen LogP contribution >= 0.6 is 0 Å². The summed E-state index contributed by atoms with van der Waals surface area (Å²) in [7, 11) is 3.54. The molecule has 15 nitrogen and oxygen atoms in total. The van der Waals surface area contributed by atoms with E-state index >= 15 is 0 Å². The van der Waals surface area contributed by atoms with Crippen molar-refractivity contribution in [3.8, 4) is 17.6 Å². The number of aromatic nitrogens is 10. The zero-order chi connectivity index (χ0) is 29.0. The zero-order valence-corrected chi connectivity index (χ0v) is 26.2. The summed E-state index contributed by atoms with van der Waals surface area (Å²) < 4.78 is 3.17. The molecule has 5 rings (SSSR count). The third-order valence-corrected chi connectivity index (χ3v) is 3.95. The minimum absolute atomic E-state index is 0. The van der Waals surface area contributed by atoms with Gasteiger partial charge in [0.05, 0.1) is 24.4 Å². The third kappa shape index (κ3) is 11.9. The van der Waals surface area contributed by atoms with Crippen LogP contribution in [0, 0.1) is 17.9 Å². The number of anilines is 2. The van der Waals surface area contributed by atoms with Crippen molar-refractivity contribution in [2.75, 3.05) is 11.5 Å². The minimum atomic E-state index is -0.750. The first-order valence-electron chi connectivity index (χ1n) is 11.2. The topological polar surface area (TPSA) is 216 Å². The Labute approximate surface area is 273 Å². The number of nitrogens with two attached hydrogens (primary N) is 2. The molecule has 0 amide bonds. The summed E-state index contributed by atoms with van der Waals surface area (Å²) in [4.78, 5) is 27.1. The van der Waals surface area contributed by atoms with Gasteiger partial charge in [-0.1, -0.05) is 20.8 Å². The molecule has 40 heavy (non-hydrogen) atoms. The molecular formula is C24H27KN14O. The van der Waals surface area contributed by atoms with Gasteiger partial charge in [-0.2, -0.15) is 15.5 Å². The predicted octanol–water partition coefficient (Wildman–Crippen LogP) is -1.55. The summed E-state index contributed by atoms with van der Waals surface area (Å²) in [5, 5.41) is 27.0. The van der Waals surface area contributed by atoms with Crippen LogP contribution in [-0.2, 0) is 14.1 Å². The molecular weight excluding hydrogens is 539 g/mol. The summed E-state index contributed by atoms with van der Waals surface area (Å²) in [6.45, 7) is 11.5. The summed E-state index contributed by atoms with van der Waals surface area (Å²) in [6.07, 6.45) is 12.6.